The number of hydrogen-bond acceptors (Lipinski definition) is 2. The van der Waals surface area contributed by atoms with Crippen LogP contribution in [0.2, 0.25) is 0 Å². The maximum Gasteiger partial charge on any atom is 0.243 e. The quantitative estimate of drug-likeness (QED) is 0.619. The van der Waals surface area contributed by atoms with Gasteiger partial charge in [-0.3, -0.25) is 0 Å². The highest BCUT2D eigenvalue weighted by atomic mass is 35.5. The second kappa shape index (κ2) is 7.07. The molecule has 1 aromatic carbocycles. The summed E-state index contributed by atoms with van der Waals surface area (Å²) in [6.07, 6.45) is 6.22. The van der Waals surface area contributed by atoms with Crippen molar-refractivity contribution in [2.45, 2.75) is 55.3 Å². The van der Waals surface area contributed by atoms with Gasteiger partial charge in [0.2, 0.25) is 10.0 Å². The van der Waals surface area contributed by atoms with Crippen molar-refractivity contribution in [1.82, 2.24) is 4.31 Å². The topological polar surface area (TPSA) is 37.4 Å². The SMILES string of the molecule is CN(C1CCCCCC1)S(=O)(=O)c1ccc(F)c(CCl)c1. The molecule has 6 heteroatoms. The Kier molecular flexibility index (Phi) is 5.63. The lowest BCUT2D eigenvalue weighted by Gasteiger charge is -2.26. The molecule has 1 aromatic rings. The van der Waals surface area contributed by atoms with Crippen molar-refractivity contribution < 1.29 is 12.8 Å². The molecule has 1 aliphatic rings. The van der Waals surface area contributed by atoms with E-state index in [-0.39, 0.29) is 22.4 Å². The van der Waals surface area contributed by atoms with E-state index in [1.807, 2.05) is 0 Å². The van der Waals surface area contributed by atoms with Crippen LogP contribution in [0, 0.1) is 5.82 Å². The molecule has 0 atom stereocenters. The number of halogens is 2. The fourth-order valence-electron chi connectivity index (χ4n) is 2.80. The normalized spacial score (nSPS) is 17.9. The summed E-state index contributed by atoms with van der Waals surface area (Å²) in [4.78, 5) is 0.117. The van der Waals surface area contributed by atoms with Crippen molar-refractivity contribution in [3.8, 4) is 0 Å². The first kappa shape index (κ1) is 16.7. The molecule has 3 nitrogen and oxygen atoms in total. The summed E-state index contributed by atoms with van der Waals surface area (Å²) in [6.45, 7) is 0. The molecule has 118 valence electrons. The van der Waals surface area contributed by atoms with E-state index in [4.69, 9.17) is 11.6 Å². The average molecular weight is 334 g/mol. The van der Waals surface area contributed by atoms with E-state index in [0.717, 1.165) is 38.5 Å². The van der Waals surface area contributed by atoms with Crippen molar-refractivity contribution in [3.63, 3.8) is 0 Å². The van der Waals surface area contributed by atoms with Crippen molar-refractivity contribution in [1.29, 1.82) is 0 Å². The van der Waals surface area contributed by atoms with Crippen molar-refractivity contribution >= 4 is 21.6 Å². The van der Waals surface area contributed by atoms with Gasteiger partial charge in [0.15, 0.2) is 0 Å². The number of nitrogens with zero attached hydrogens (tertiary/aromatic N) is 1. The van der Waals surface area contributed by atoms with Crippen LogP contribution in [0.5, 0.6) is 0 Å². The lowest BCUT2D eigenvalue weighted by atomic mass is 10.1. The third kappa shape index (κ3) is 3.76. The number of benzene rings is 1. The van der Waals surface area contributed by atoms with Crippen LogP contribution in [-0.4, -0.2) is 25.8 Å². The molecule has 0 N–H and O–H groups in total. The molecule has 0 amide bonds. The van der Waals surface area contributed by atoms with Gasteiger partial charge in [-0.25, -0.2) is 12.8 Å². The largest absolute Gasteiger partial charge is 0.243 e. The van der Waals surface area contributed by atoms with Crippen LogP contribution >= 0.6 is 11.6 Å². The Balaban J connectivity index is 2.27. The van der Waals surface area contributed by atoms with Gasteiger partial charge >= 0.3 is 0 Å². The van der Waals surface area contributed by atoms with Gasteiger partial charge in [-0.05, 0) is 31.0 Å². The summed E-state index contributed by atoms with van der Waals surface area (Å²) in [5.41, 5.74) is 0.215. The first-order chi connectivity index (χ1) is 9.96. The molecule has 0 aliphatic heterocycles. The third-order valence-electron chi connectivity index (χ3n) is 4.18. The molecule has 1 aliphatic carbocycles. The number of alkyl halides is 1. The zero-order valence-electron chi connectivity index (χ0n) is 12.2. The third-order valence-corrected chi connectivity index (χ3v) is 6.37. The van der Waals surface area contributed by atoms with E-state index in [1.54, 1.807) is 7.05 Å². The lowest BCUT2D eigenvalue weighted by Crippen LogP contribution is -2.36. The molecular formula is C15H21ClFNO2S. The van der Waals surface area contributed by atoms with E-state index in [0.29, 0.717) is 0 Å². The Morgan fingerprint density at radius 3 is 2.43 bits per heavy atom. The molecule has 21 heavy (non-hydrogen) atoms. The predicted octanol–water partition coefficient (Wildman–Crippen LogP) is 3.91. The predicted molar refractivity (Wildman–Crippen MR) is 82.4 cm³/mol. The van der Waals surface area contributed by atoms with E-state index >= 15 is 0 Å². The molecule has 0 bridgehead atoms. The molecule has 2 rings (SSSR count). The summed E-state index contributed by atoms with van der Waals surface area (Å²) in [7, 11) is -1.98. The van der Waals surface area contributed by atoms with Crippen LogP contribution in [-0.2, 0) is 15.9 Å². The summed E-state index contributed by atoms with van der Waals surface area (Å²) in [5, 5.41) is 0. The highest BCUT2D eigenvalue weighted by Gasteiger charge is 2.28. The number of rotatable bonds is 4. The first-order valence-electron chi connectivity index (χ1n) is 7.29. The fraction of sp³-hybridized carbons (Fsp3) is 0.600. The van der Waals surface area contributed by atoms with Gasteiger partial charge < -0.3 is 0 Å². The van der Waals surface area contributed by atoms with Crippen LogP contribution in [0.3, 0.4) is 0 Å². The van der Waals surface area contributed by atoms with Crippen molar-refractivity contribution in [2.75, 3.05) is 7.05 Å². The monoisotopic (exact) mass is 333 g/mol. The molecule has 0 radical (unpaired) electrons. The van der Waals surface area contributed by atoms with Gasteiger partial charge in [-0.15, -0.1) is 11.6 Å². The molecular weight excluding hydrogens is 313 g/mol. The minimum atomic E-state index is -3.60. The Morgan fingerprint density at radius 1 is 1.24 bits per heavy atom. The highest BCUT2D eigenvalue weighted by Crippen LogP contribution is 2.27. The second-order valence-electron chi connectivity index (χ2n) is 5.55. The van der Waals surface area contributed by atoms with Crippen LogP contribution in [0.15, 0.2) is 23.1 Å². The molecule has 0 unspecified atom stereocenters. The van der Waals surface area contributed by atoms with Crippen LogP contribution < -0.4 is 0 Å². The van der Waals surface area contributed by atoms with E-state index in [9.17, 15) is 12.8 Å². The number of sulfonamides is 1. The maximum atomic E-state index is 13.5. The van der Waals surface area contributed by atoms with Crippen LogP contribution in [0.4, 0.5) is 4.39 Å². The molecule has 1 saturated carbocycles. The average Bonchev–Trinajstić information content (AvgIpc) is 2.75. The Hall–Kier alpha value is -0.650. The summed E-state index contributed by atoms with van der Waals surface area (Å²) in [6, 6.07) is 3.85. The standard InChI is InChI=1S/C15H21ClFNO2S/c1-18(13-6-4-2-3-5-7-13)21(19,20)14-8-9-15(17)12(10-14)11-16/h8-10,13H,2-7,11H2,1H3. The Morgan fingerprint density at radius 2 is 1.86 bits per heavy atom. The highest BCUT2D eigenvalue weighted by molar-refractivity contribution is 7.89. The summed E-state index contributed by atoms with van der Waals surface area (Å²) < 4.78 is 40.3. The Labute approximate surface area is 131 Å². The molecule has 0 heterocycles. The van der Waals surface area contributed by atoms with Gasteiger partial charge in [0, 0.05) is 18.7 Å². The number of hydrogen-bond donors (Lipinski definition) is 0. The summed E-state index contributed by atoms with van der Waals surface area (Å²) >= 11 is 5.66. The maximum absolute atomic E-state index is 13.5. The van der Waals surface area contributed by atoms with Gasteiger partial charge in [0.1, 0.15) is 5.82 Å². The molecule has 1 fully saturated rings. The second-order valence-corrected chi connectivity index (χ2v) is 7.82. The van der Waals surface area contributed by atoms with E-state index < -0.39 is 15.8 Å². The molecule has 0 saturated heterocycles. The molecule has 0 aromatic heterocycles. The van der Waals surface area contributed by atoms with Crippen molar-refractivity contribution in [3.05, 3.63) is 29.6 Å². The zero-order valence-corrected chi connectivity index (χ0v) is 13.8. The van der Waals surface area contributed by atoms with E-state index in [1.165, 1.54) is 22.5 Å². The first-order valence-corrected chi connectivity index (χ1v) is 9.26. The fourth-order valence-corrected chi connectivity index (χ4v) is 4.47. The minimum absolute atomic E-state index is 0.0296. The summed E-state index contributed by atoms with van der Waals surface area (Å²) in [5.74, 6) is -0.511. The van der Waals surface area contributed by atoms with Gasteiger partial charge in [0.25, 0.3) is 0 Å². The van der Waals surface area contributed by atoms with Gasteiger partial charge in [-0.1, -0.05) is 25.7 Å². The molecule has 0 spiro atoms. The van der Waals surface area contributed by atoms with Crippen molar-refractivity contribution in [2.24, 2.45) is 0 Å². The zero-order chi connectivity index (χ0) is 15.5. The van der Waals surface area contributed by atoms with E-state index in [2.05, 4.69) is 0 Å². The smallest absolute Gasteiger partial charge is 0.207 e. The van der Waals surface area contributed by atoms with Gasteiger partial charge in [0.05, 0.1) is 10.8 Å². The minimum Gasteiger partial charge on any atom is -0.207 e. The van der Waals surface area contributed by atoms with Gasteiger partial charge in [-0.2, -0.15) is 4.31 Å². The van der Waals surface area contributed by atoms with Crippen LogP contribution in [0.25, 0.3) is 0 Å². The Bertz CT molecular complexity index is 583. The lowest BCUT2D eigenvalue weighted by molar-refractivity contribution is 0.335. The van der Waals surface area contributed by atoms with Crippen LogP contribution in [0.1, 0.15) is 44.1 Å².